The van der Waals surface area contributed by atoms with Crippen LogP contribution in [0.2, 0.25) is 0 Å². The molecule has 2 aromatic carbocycles. The topological polar surface area (TPSA) is 73.3 Å². The van der Waals surface area contributed by atoms with Crippen molar-refractivity contribution < 1.29 is 14.1 Å². The van der Waals surface area contributed by atoms with Crippen LogP contribution in [0.25, 0.3) is 11.6 Å². The summed E-state index contributed by atoms with van der Waals surface area (Å²) in [6.45, 7) is 5.77. The summed E-state index contributed by atoms with van der Waals surface area (Å²) in [4.78, 5) is 23.6. The summed E-state index contributed by atoms with van der Waals surface area (Å²) >= 11 is 0. The summed E-state index contributed by atoms with van der Waals surface area (Å²) in [6.07, 6.45) is 1.85. The molecule has 27 heavy (non-hydrogen) atoms. The van der Waals surface area contributed by atoms with E-state index in [9.17, 15) is 14.9 Å². The van der Waals surface area contributed by atoms with Crippen molar-refractivity contribution in [1.29, 1.82) is 0 Å². The number of carbonyl (C=O) groups excluding carboxylic acids is 1. The number of aryl methyl sites for hydroxylation is 2. The van der Waals surface area contributed by atoms with Crippen LogP contribution in [-0.2, 0) is 0 Å². The third-order valence-corrected chi connectivity index (χ3v) is 4.44. The van der Waals surface area contributed by atoms with Gasteiger partial charge in [-0.05, 0) is 61.7 Å². The Labute approximate surface area is 157 Å². The third kappa shape index (κ3) is 3.87. The number of ketones is 1. The fourth-order valence-electron chi connectivity index (χ4n) is 2.82. The molecule has 0 amide bonds. The molecule has 0 atom stereocenters. The normalized spacial score (nSPS) is 11.4. The quantitative estimate of drug-likeness (QED) is 0.337. The van der Waals surface area contributed by atoms with Crippen LogP contribution in [0.15, 0.2) is 59.0 Å². The second kappa shape index (κ2) is 7.41. The summed E-state index contributed by atoms with van der Waals surface area (Å²) < 4.78 is 5.71. The summed E-state index contributed by atoms with van der Waals surface area (Å²) in [5, 5.41) is 11.4. The van der Waals surface area contributed by atoms with Crippen molar-refractivity contribution in [3.8, 4) is 0 Å². The lowest BCUT2D eigenvalue weighted by atomic mass is 9.98. The maximum absolute atomic E-state index is 12.8. The monoisotopic (exact) mass is 361 g/mol. The van der Waals surface area contributed by atoms with Crippen LogP contribution in [0.3, 0.4) is 0 Å². The van der Waals surface area contributed by atoms with Crippen LogP contribution in [0.4, 0.5) is 5.69 Å². The Bertz CT molecular complexity index is 1030. The Balaban J connectivity index is 2.04. The van der Waals surface area contributed by atoms with Gasteiger partial charge >= 0.3 is 0 Å². The number of nitro benzene ring substituents is 1. The predicted molar refractivity (Wildman–Crippen MR) is 105 cm³/mol. The zero-order valence-electron chi connectivity index (χ0n) is 15.4. The molecule has 0 fully saturated rings. The molecule has 0 N–H and O–H groups in total. The van der Waals surface area contributed by atoms with E-state index < -0.39 is 4.92 Å². The number of hydrogen-bond donors (Lipinski definition) is 0. The average molecular weight is 361 g/mol. The van der Waals surface area contributed by atoms with E-state index in [1.807, 2.05) is 32.9 Å². The maximum atomic E-state index is 12.8. The molecule has 0 spiro atoms. The van der Waals surface area contributed by atoms with E-state index >= 15 is 0 Å². The summed E-state index contributed by atoms with van der Waals surface area (Å²) in [7, 11) is 0. The number of hydrogen-bond acceptors (Lipinski definition) is 4. The largest absolute Gasteiger partial charge is 0.461 e. The average Bonchev–Trinajstić information content (AvgIpc) is 3.00. The minimum Gasteiger partial charge on any atom is -0.461 e. The molecule has 3 rings (SSSR count). The van der Waals surface area contributed by atoms with E-state index in [1.165, 1.54) is 6.07 Å². The highest BCUT2D eigenvalue weighted by atomic mass is 16.6. The fourth-order valence-corrected chi connectivity index (χ4v) is 2.82. The summed E-state index contributed by atoms with van der Waals surface area (Å²) in [5.74, 6) is 1.21. The van der Waals surface area contributed by atoms with E-state index in [-0.39, 0.29) is 17.0 Å². The van der Waals surface area contributed by atoms with Crippen molar-refractivity contribution in [2.45, 2.75) is 20.8 Å². The van der Waals surface area contributed by atoms with Gasteiger partial charge in [-0.1, -0.05) is 30.3 Å². The van der Waals surface area contributed by atoms with Gasteiger partial charge in [0.15, 0.2) is 5.78 Å². The molecule has 0 saturated heterocycles. The minimum atomic E-state index is -0.532. The van der Waals surface area contributed by atoms with Gasteiger partial charge in [-0.2, -0.15) is 0 Å². The maximum Gasteiger partial charge on any atom is 0.280 e. The van der Waals surface area contributed by atoms with Crippen molar-refractivity contribution in [2.24, 2.45) is 0 Å². The second-order valence-electron chi connectivity index (χ2n) is 6.41. The molecule has 0 unspecified atom stereocenters. The van der Waals surface area contributed by atoms with Gasteiger partial charge in [0.2, 0.25) is 0 Å². The zero-order valence-corrected chi connectivity index (χ0v) is 15.4. The van der Waals surface area contributed by atoms with E-state index in [4.69, 9.17) is 4.42 Å². The molecule has 136 valence electrons. The van der Waals surface area contributed by atoms with Crippen molar-refractivity contribution >= 4 is 23.1 Å². The number of rotatable bonds is 5. The van der Waals surface area contributed by atoms with Gasteiger partial charge in [0.25, 0.3) is 5.69 Å². The fraction of sp³-hybridized carbons (Fsp3) is 0.136. The highest BCUT2D eigenvalue weighted by molar-refractivity contribution is 6.11. The molecule has 0 aliphatic rings. The number of carbonyl (C=O) groups is 1. The van der Waals surface area contributed by atoms with Crippen molar-refractivity contribution in [3.05, 3.63) is 98.5 Å². The van der Waals surface area contributed by atoms with Gasteiger partial charge in [-0.15, -0.1) is 0 Å². The zero-order chi connectivity index (χ0) is 19.6. The molecule has 3 aromatic rings. The Kier molecular flexibility index (Phi) is 5.03. The molecular weight excluding hydrogens is 342 g/mol. The van der Waals surface area contributed by atoms with Gasteiger partial charge in [-0.3, -0.25) is 14.9 Å². The standard InChI is InChI=1S/C22H19NO4/c1-14-12-21(27-16(14)3)15(2)11-17-9-10-20(23(25)26)19(13-17)22(24)18-7-5-4-6-8-18/h4-13H,1-3H3. The first kappa shape index (κ1) is 18.3. The summed E-state index contributed by atoms with van der Waals surface area (Å²) in [6, 6.07) is 15.1. The molecule has 0 aliphatic heterocycles. The number of nitro groups is 1. The first-order valence-electron chi connectivity index (χ1n) is 8.50. The number of allylic oxidation sites excluding steroid dienone is 1. The van der Waals surface area contributed by atoms with Crippen LogP contribution >= 0.6 is 0 Å². The van der Waals surface area contributed by atoms with E-state index in [0.29, 0.717) is 11.1 Å². The summed E-state index contributed by atoms with van der Waals surface area (Å²) in [5.41, 5.74) is 2.90. The van der Waals surface area contributed by atoms with Crippen LogP contribution in [-0.4, -0.2) is 10.7 Å². The van der Waals surface area contributed by atoms with Gasteiger partial charge < -0.3 is 4.42 Å². The minimum absolute atomic E-state index is 0.0690. The van der Waals surface area contributed by atoms with E-state index in [2.05, 4.69) is 0 Å². The molecule has 1 aromatic heterocycles. The van der Waals surface area contributed by atoms with Gasteiger partial charge in [-0.25, -0.2) is 0 Å². The molecule has 1 heterocycles. The van der Waals surface area contributed by atoms with Crippen LogP contribution in [0.5, 0.6) is 0 Å². The molecule has 0 bridgehead atoms. The predicted octanol–water partition coefficient (Wildman–Crippen LogP) is 5.60. The molecular formula is C22H19NO4. The van der Waals surface area contributed by atoms with Crippen molar-refractivity contribution in [2.75, 3.05) is 0 Å². The number of furan rings is 1. The van der Waals surface area contributed by atoms with Gasteiger partial charge in [0.1, 0.15) is 17.1 Å². The van der Waals surface area contributed by atoms with Crippen LogP contribution in [0.1, 0.15) is 45.5 Å². The van der Waals surface area contributed by atoms with E-state index in [1.54, 1.807) is 42.5 Å². The lowest BCUT2D eigenvalue weighted by Crippen LogP contribution is -2.05. The Morgan fingerprint density at radius 3 is 2.37 bits per heavy atom. The van der Waals surface area contributed by atoms with Crippen LogP contribution in [0, 0.1) is 24.0 Å². The SMILES string of the molecule is CC(=Cc1ccc([N+](=O)[O-])c(C(=O)c2ccccc2)c1)c1cc(C)c(C)o1. The second-order valence-corrected chi connectivity index (χ2v) is 6.41. The smallest absolute Gasteiger partial charge is 0.280 e. The van der Waals surface area contributed by atoms with Gasteiger partial charge in [0.05, 0.1) is 4.92 Å². The van der Waals surface area contributed by atoms with Crippen molar-refractivity contribution in [3.63, 3.8) is 0 Å². The van der Waals surface area contributed by atoms with Gasteiger partial charge in [0, 0.05) is 11.6 Å². The lowest BCUT2D eigenvalue weighted by molar-refractivity contribution is -0.385. The molecule has 0 saturated carbocycles. The molecule has 5 heteroatoms. The Morgan fingerprint density at radius 1 is 1.07 bits per heavy atom. The van der Waals surface area contributed by atoms with E-state index in [0.717, 1.165) is 22.7 Å². The number of benzene rings is 2. The molecule has 0 radical (unpaired) electrons. The highest BCUT2D eigenvalue weighted by Gasteiger charge is 2.21. The first-order chi connectivity index (χ1) is 12.9. The first-order valence-corrected chi connectivity index (χ1v) is 8.50. The van der Waals surface area contributed by atoms with Crippen LogP contribution < -0.4 is 0 Å². The Hall–Kier alpha value is -3.47. The third-order valence-electron chi connectivity index (χ3n) is 4.44. The lowest BCUT2D eigenvalue weighted by Gasteiger charge is -2.05. The Morgan fingerprint density at radius 2 is 1.78 bits per heavy atom. The highest BCUT2D eigenvalue weighted by Crippen LogP contribution is 2.27. The molecule has 5 nitrogen and oxygen atoms in total. The molecule has 0 aliphatic carbocycles. The number of nitrogens with zero attached hydrogens (tertiary/aromatic N) is 1. The van der Waals surface area contributed by atoms with Crippen molar-refractivity contribution in [1.82, 2.24) is 0 Å².